The number of hydrogen-bond acceptors (Lipinski definition) is 4. The molecule has 5 heteroatoms. The van der Waals surface area contributed by atoms with Crippen molar-refractivity contribution in [1.29, 1.82) is 0 Å². The van der Waals surface area contributed by atoms with E-state index in [0.29, 0.717) is 13.2 Å². The van der Waals surface area contributed by atoms with Gasteiger partial charge in [-0.15, -0.1) is 0 Å². The molecule has 0 aliphatic carbocycles. The topological polar surface area (TPSA) is 60.6 Å². The Labute approximate surface area is 156 Å². The molecule has 144 valence electrons. The Kier molecular flexibility index (Phi) is 8.13. The molecule has 0 amide bonds. The van der Waals surface area contributed by atoms with Gasteiger partial charge in [-0.25, -0.2) is 0 Å². The molecule has 0 unspecified atom stereocenters. The predicted molar refractivity (Wildman–Crippen MR) is 103 cm³/mol. The number of carbonyl (C=O) groups is 1. The van der Waals surface area contributed by atoms with Crippen molar-refractivity contribution in [2.24, 2.45) is 0 Å². The molecule has 2 rings (SSSR count). The van der Waals surface area contributed by atoms with Crippen LogP contribution >= 0.6 is 0 Å². The second-order valence-electron chi connectivity index (χ2n) is 6.67. The minimum absolute atomic E-state index is 0.269. The summed E-state index contributed by atoms with van der Waals surface area (Å²) in [4.78, 5) is 15.3. The highest BCUT2D eigenvalue weighted by molar-refractivity contribution is 5.80. The van der Waals surface area contributed by atoms with Gasteiger partial charge in [0, 0.05) is 25.7 Å². The maximum atomic E-state index is 11.9. The molecule has 0 spiro atoms. The number of unbranched alkanes of at least 4 members (excludes halogenated alkanes) is 2. The fourth-order valence-corrected chi connectivity index (χ4v) is 2.87. The fourth-order valence-electron chi connectivity index (χ4n) is 2.87. The lowest BCUT2D eigenvalue weighted by Crippen LogP contribution is -2.42. The molecule has 0 aliphatic heterocycles. The molecule has 1 heterocycles. The first-order valence-corrected chi connectivity index (χ1v) is 9.54. The number of aromatic nitrogens is 1. The van der Waals surface area contributed by atoms with E-state index in [1.165, 1.54) is 6.92 Å². The minimum Gasteiger partial charge on any atom is -0.448 e. The largest absolute Gasteiger partial charge is 0.448 e. The molecule has 0 bridgehead atoms. The van der Waals surface area contributed by atoms with Crippen LogP contribution in [0.5, 0.6) is 0 Å². The van der Waals surface area contributed by atoms with E-state index in [9.17, 15) is 4.79 Å². The van der Waals surface area contributed by atoms with E-state index in [0.717, 1.165) is 42.3 Å². The third-order valence-electron chi connectivity index (χ3n) is 4.31. The van der Waals surface area contributed by atoms with Gasteiger partial charge in [-0.1, -0.05) is 44.9 Å². The Morgan fingerprint density at radius 2 is 1.65 bits per heavy atom. The molecule has 0 saturated carbocycles. The molecular weight excluding hydrogens is 330 g/mol. The monoisotopic (exact) mass is 361 g/mol. The molecule has 2 aromatic rings. The van der Waals surface area contributed by atoms with Gasteiger partial charge in [0.1, 0.15) is 0 Å². The summed E-state index contributed by atoms with van der Waals surface area (Å²) in [5.41, 5.74) is 0.842. The first kappa shape index (κ1) is 20.5. The number of aromatic amines is 1. The maximum absolute atomic E-state index is 11.9. The molecule has 0 aliphatic rings. The first-order chi connectivity index (χ1) is 12.6. The van der Waals surface area contributed by atoms with E-state index in [-0.39, 0.29) is 19.2 Å². The quantitative estimate of drug-likeness (QED) is 0.445. The molecule has 0 radical (unpaired) electrons. The summed E-state index contributed by atoms with van der Waals surface area (Å²) < 4.78 is 17.5. The van der Waals surface area contributed by atoms with Crippen molar-refractivity contribution in [3.05, 3.63) is 36.0 Å². The van der Waals surface area contributed by atoms with Gasteiger partial charge >= 0.3 is 5.97 Å². The van der Waals surface area contributed by atoms with Crippen LogP contribution in [0, 0.1) is 0 Å². The van der Waals surface area contributed by atoms with E-state index in [2.05, 4.69) is 18.8 Å². The van der Waals surface area contributed by atoms with Gasteiger partial charge in [-0.2, -0.15) is 0 Å². The summed E-state index contributed by atoms with van der Waals surface area (Å²) in [5.74, 6) is -0.346. The number of rotatable bonds is 12. The average molecular weight is 361 g/mol. The number of benzene rings is 1. The van der Waals surface area contributed by atoms with Crippen molar-refractivity contribution in [2.45, 2.75) is 52.1 Å². The molecule has 1 aromatic heterocycles. The van der Waals surface area contributed by atoms with Crippen LogP contribution in [0.2, 0.25) is 0 Å². The van der Waals surface area contributed by atoms with Crippen LogP contribution in [-0.2, 0) is 24.6 Å². The molecule has 0 atom stereocenters. The molecular formula is C21H31NO4. The van der Waals surface area contributed by atoms with E-state index in [1.54, 1.807) is 0 Å². The van der Waals surface area contributed by atoms with Gasteiger partial charge in [0.15, 0.2) is 5.60 Å². The average Bonchev–Trinajstić information content (AvgIpc) is 3.06. The Morgan fingerprint density at radius 3 is 2.19 bits per heavy atom. The lowest BCUT2D eigenvalue weighted by molar-refractivity contribution is -0.177. The Bertz CT molecular complexity index is 634. The maximum Gasteiger partial charge on any atom is 0.303 e. The van der Waals surface area contributed by atoms with E-state index in [4.69, 9.17) is 14.2 Å². The predicted octanol–water partition coefficient (Wildman–Crippen LogP) is 4.56. The zero-order valence-corrected chi connectivity index (χ0v) is 16.2. The number of H-pyrrole nitrogens is 1. The number of ether oxygens (including phenoxy) is 3. The molecule has 5 nitrogen and oxygen atoms in total. The summed E-state index contributed by atoms with van der Waals surface area (Å²) >= 11 is 0. The summed E-state index contributed by atoms with van der Waals surface area (Å²) in [6.07, 6.45) is 4.05. The summed E-state index contributed by atoms with van der Waals surface area (Å²) in [6, 6.07) is 10.0. The third-order valence-corrected chi connectivity index (χ3v) is 4.31. The van der Waals surface area contributed by atoms with Gasteiger partial charge < -0.3 is 19.2 Å². The normalized spacial score (nSPS) is 11.8. The molecule has 1 aromatic carbocycles. The smallest absolute Gasteiger partial charge is 0.303 e. The van der Waals surface area contributed by atoms with Crippen molar-refractivity contribution in [2.75, 3.05) is 26.4 Å². The lowest BCUT2D eigenvalue weighted by atomic mass is 10.0. The van der Waals surface area contributed by atoms with Crippen molar-refractivity contribution in [3.8, 4) is 0 Å². The van der Waals surface area contributed by atoms with E-state index >= 15 is 0 Å². The summed E-state index contributed by atoms with van der Waals surface area (Å²) in [7, 11) is 0. The number of esters is 1. The number of fused-ring (bicyclic) bond motifs is 1. The Balaban J connectivity index is 2.29. The number of para-hydroxylation sites is 1. The third kappa shape index (κ3) is 5.58. The molecule has 26 heavy (non-hydrogen) atoms. The van der Waals surface area contributed by atoms with Crippen LogP contribution in [0.15, 0.2) is 30.3 Å². The highest BCUT2D eigenvalue weighted by Gasteiger charge is 2.38. The zero-order valence-electron chi connectivity index (χ0n) is 16.2. The molecule has 0 fully saturated rings. The Hall–Kier alpha value is -1.85. The van der Waals surface area contributed by atoms with Crippen LogP contribution in [0.1, 0.15) is 52.1 Å². The van der Waals surface area contributed by atoms with Gasteiger partial charge in [-0.3, -0.25) is 4.79 Å². The SMILES string of the molecule is CCCCOCC(COCCCC)(OC(C)=O)c1cc2ccccc2[nH]1. The summed E-state index contributed by atoms with van der Waals surface area (Å²) in [5, 5.41) is 1.07. The number of carbonyl (C=O) groups excluding carboxylic acids is 1. The van der Waals surface area contributed by atoms with Crippen molar-refractivity contribution in [3.63, 3.8) is 0 Å². The van der Waals surface area contributed by atoms with Gasteiger partial charge in [-0.05, 0) is 30.4 Å². The second kappa shape index (κ2) is 10.3. The van der Waals surface area contributed by atoms with Crippen LogP contribution < -0.4 is 0 Å². The van der Waals surface area contributed by atoms with Gasteiger partial charge in [0.2, 0.25) is 0 Å². The minimum atomic E-state index is -0.966. The van der Waals surface area contributed by atoms with Crippen molar-refractivity contribution < 1.29 is 19.0 Å². The summed E-state index contributed by atoms with van der Waals surface area (Å²) in [6.45, 7) is 7.47. The fraction of sp³-hybridized carbons (Fsp3) is 0.571. The number of hydrogen-bond donors (Lipinski definition) is 1. The number of nitrogens with one attached hydrogen (secondary N) is 1. The molecule has 1 N–H and O–H groups in total. The highest BCUT2D eigenvalue weighted by atomic mass is 16.6. The van der Waals surface area contributed by atoms with Crippen LogP contribution in [0.3, 0.4) is 0 Å². The van der Waals surface area contributed by atoms with Gasteiger partial charge in [0.05, 0.1) is 18.9 Å². The van der Waals surface area contributed by atoms with Crippen molar-refractivity contribution >= 4 is 16.9 Å². The van der Waals surface area contributed by atoms with Crippen LogP contribution in [0.4, 0.5) is 0 Å². The second-order valence-corrected chi connectivity index (χ2v) is 6.67. The van der Waals surface area contributed by atoms with Gasteiger partial charge in [0.25, 0.3) is 0 Å². The van der Waals surface area contributed by atoms with E-state index in [1.807, 2.05) is 30.3 Å². The first-order valence-electron chi connectivity index (χ1n) is 9.54. The van der Waals surface area contributed by atoms with Crippen LogP contribution in [-0.4, -0.2) is 37.4 Å². The molecule has 0 saturated heterocycles. The standard InChI is InChI=1S/C21H31NO4/c1-4-6-12-24-15-21(26-17(3)23,16-25-13-7-5-2)20-14-18-10-8-9-11-19(18)22-20/h8-11,14,22H,4-7,12-13,15-16H2,1-3H3. The zero-order chi connectivity index (χ0) is 18.8. The van der Waals surface area contributed by atoms with Crippen LogP contribution in [0.25, 0.3) is 10.9 Å². The lowest BCUT2D eigenvalue weighted by Gasteiger charge is -2.32. The van der Waals surface area contributed by atoms with E-state index < -0.39 is 5.60 Å². The highest BCUT2D eigenvalue weighted by Crippen LogP contribution is 2.30. The van der Waals surface area contributed by atoms with Crippen molar-refractivity contribution in [1.82, 2.24) is 4.98 Å². The Morgan fingerprint density at radius 1 is 1.04 bits per heavy atom.